The van der Waals surface area contributed by atoms with E-state index in [0.29, 0.717) is 29.8 Å². The summed E-state index contributed by atoms with van der Waals surface area (Å²) in [6.07, 6.45) is 0. The molecule has 0 radical (unpaired) electrons. The summed E-state index contributed by atoms with van der Waals surface area (Å²) in [5.41, 5.74) is 0. The van der Waals surface area contributed by atoms with Crippen LogP contribution in [0.15, 0.2) is 16.3 Å². The summed E-state index contributed by atoms with van der Waals surface area (Å²) in [6, 6.07) is 1.73. The van der Waals surface area contributed by atoms with Gasteiger partial charge in [-0.2, -0.15) is 0 Å². The van der Waals surface area contributed by atoms with Gasteiger partial charge in [0.05, 0.1) is 4.90 Å². The summed E-state index contributed by atoms with van der Waals surface area (Å²) in [6.45, 7) is 7.41. The molecule has 1 heterocycles. The van der Waals surface area contributed by atoms with Gasteiger partial charge >= 0.3 is 0 Å². The molecule has 1 aromatic heterocycles. The zero-order chi connectivity index (χ0) is 13.8. The van der Waals surface area contributed by atoms with Crippen LogP contribution in [0.2, 0.25) is 0 Å². The molecule has 1 atom stereocenters. The van der Waals surface area contributed by atoms with Crippen LogP contribution in [0, 0.1) is 11.8 Å². The zero-order valence-corrected chi connectivity index (χ0v) is 13.0. The van der Waals surface area contributed by atoms with Crippen LogP contribution in [0.3, 0.4) is 0 Å². The summed E-state index contributed by atoms with van der Waals surface area (Å²) in [5.74, 6) is 0.796. The first-order valence-electron chi connectivity index (χ1n) is 6.08. The summed E-state index contributed by atoms with van der Waals surface area (Å²) in [4.78, 5) is 1.39. The Kier molecular flexibility index (Phi) is 5.78. The lowest BCUT2D eigenvalue weighted by atomic mass is 9.99. The summed E-state index contributed by atoms with van der Waals surface area (Å²) >= 11 is 1.46. The molecule has 0 amide bonds. The summed E-state index contributed by atoms with van der Waals surface area (Å²) in [5, 5.41) is 4.70. The molecule has 1 aromatic rings. The third-order valence-corrected chi connectivity index (χ3v) is 5.51. The van der Waals surface area contributed by atoms with Crippen molar-refractivity contribution in [2.45, 2.75) is 32.2 Å². The lowest BCUT2D eigenvalue weighted by molar-refractivity contribution is 0.414. The number of rotatable bonds is 7. The van der Waals surface area contributed by atoms with E-state index in [1.807, 2.05) is 14.0 Å². The van der Waals surface area contributed by atoms with Crippen LogP contribution >= 0.6 is 11.3 Å². The Bertz CT molecular complexity index is 466. The first-order valence-corrected chi connectivity index (χ1v) is 8.44. The van der Waals surface area contributed by atoms with Crippen molar-refractivity contribution >= 4 is 21.4 Å². The zero-order valence-electron chi connectivity index (χ0n) is 11.4. The van der Waals surface area contributed by atoms with Gasteiger partial charge in [-0.1, -0.05) is 20.8 Å². The monoisotopic (exact) mass is 290 g/mol. The normalized spacial score (nSPS) is 14.1. The largest absolute Gasteiger partial charge is 0.315 e. The smallest absolute Gasteiger partial charge is 0.241 e. The van der Waals surface area contributed by atoms with Gasteiger partial charge in [0, 0.05) is 23.3 Å². The van der Waals surface area contributed by atoms with Crippen molar-refractivity contribution in [3.05, 3.63) is 16.3 Å². The SMILES string of the molecule is CNCc1cc(S(=O)(=O)NCC(C)C(C)C)cs1. The van der Waals surface area contributed by atoms with Crippen LogP contribution in [0.1, 0.15) is 25.6 Å². The van der Waals surface area contributed by atoms with Crippen molar-refractivity contribution in [2.75, 3.05) is 13.6 Å². The Hall–Kier alpha value is -0.430. The van der Waals surface area contributed by atoms with Gasteiger partial charge < -0.3 is 5.32 Å². The molecular formula is C12H22N2O2S2. The van der Waals surface area contributed by atoms with E-state index in [4.69, 9.17) is 0 Å². The highest BCUT2D eigenvalue weighted by atomic mass is 32.2. The summed E-state index contributed by atoms with van der Waals surface area (Å²) in [7, 11) is -1.51. The van der Waals surface area contributed by atoms with E-state index in [-0.39, 0.29) is 0 Å². The minimum Gasteiger partial charge on any atom is -0.315 e. The molecule has 104 valence electrons. The highest BCUT2D eigenvalue weighted by Gasteiger charge is 2.17. The lowest BCUT2D eigenvalue weighted by Crippen LogP contribution is -2.30. The molecule has 1 rings (SSSR count). The van der Waals surface area contributed by atoms with Crippen LogP contribution in [0.4, 0.5) is 0 Å². The van der Waals surface area contributed by atoms with E-state index in [2.05, 4.69) is 23.9 Å². The molecule has 0 fully saturated rings. The van der Waals surface area contributed by atoms with Gasteiger partial charge in [0.15, 0.2) is 0 Å². The Morgan fingerprint density at radius 2 is 2.00 bits per heavy atom. The predicted molar refractivity (Wildman–Crippen MR) is 76.3 cm³/mol. The Morgan fingerprint density at radius 1 is 1.33 bits per heavy atom. The fourth-order valence-corrected chi connectivity index (χ4v) is 3.76. The molecule has 18 heavy (non-hydrogen) atoms. The fourth-order valence-electron chi connectivity index (χ4n) is 1.33. The molecule has 0 saturated carbocycles. The molecule has 0 aliphatic rings. The highest BCUT2D eigenvalue weighted by molar-refractivity contribution is 7.89. The van der Waals surface area contributed by atoms with Crippen molar-refractivity contribution in [1.82, 2.24) is 10.0 Å². The van der Waals surface area contributed by atoms with Gasteiger partial charge in [-0.15, -0.1) is 11.3 Å². The minimum absolute atomic E-state index is 0.329. The average molecular weight is 290 g/mol. The number of thiophene rings is 1. The van der Waals surface area contributed by atoms with E-state index in [1.54, 1.807) is 11.4 Å². The van der Waals surface area contributed by atoms with Gasteiger partial charge in [0.1, 0.15) is 0 Å². The van der Waals surface area contributed by atoms with Gasteiger partial charge in [0.2, 0.25) is 10.0 Å². The second kappa shape index (κ2) is 6.65. The Balaban J connectivity index is 2.68. The van der Waals surface area contributed by atoms with Gasteiger partial charge in [-0.3, -0.25) is 0 Å². The molecule has 4 nitrogen and oxygen atoms in total. The van der Waals surface area contributed by atoms with Crippen LogP contribution in [-0.2, 0) is 16.6 Å². The van der Waals surface area contributed by atoms with Crippen molar-refractivity contribution < 1.29 is 8.42 Å². The van der Waals surface area contributed by atoms with E-state index >= 15 is 0 Å². The first kappa shape index (κ1) is 15.6. The van der Waals surface area contributed by atoms with Gasteiger partial charge in [-0.25, -0.2) is 13.1 Å². The topological polar surface area (TPSA) is 58.2 Å². The first-order chi connectivity index (χ1) is 8.36. The second-order valence-corrected chi connectivity index (χ2v) is 7.61. The van der Waals surface area contributed by atoms with E-state index < -0.39 is 10.0 Å². The van der Waals surface area contributed by atoms with Crippen LogP contribution in [-0.4, -0.2) is 22.0 Å². The highest BCUT2D eigenvalue weighted by Crippen LogP contribution is 2.19. The number of hydrogen-bond acceptors (Lipinski definition) is 4. The van der Waals surface area contributed by atoms with Gasteiger partial charge in [-0.05, 0) is 24.9 Å². The van der Waals surface area contributed by atoms with E-state index in [9.17, 15) is 8.42 Å². The maximum atomic E-state index is 12.1. The molecule has 0 aromatic carbocycles. The summed E-state index contributed by atoms with van der Waals surface area (Å²) < 4.78 is 26.8. The van der Waals surface area contributed by atoms with Crippen molar-refractivity contribution in [3.63, 3.8) is 0 Å². The molecule has 6 heteroatoms. The third-order valence-electron chi connectivity index (χ3n) is 3.02. The molecule has 0 bridgehead atoms. The average Bonchev–Trinajstić information content (AvgIpc) is 2.75. The Morgan fingerprint density at radius 3 is 2.56 bits per heavy atom. The predicted octanol–water partition coefficient (Wildman–Crippen LogP) is 2.04. The van der Waals surface area contributed by atoms with Crippen molar-refractivity contribution in [3.8, 4) is 0 Å². The van der Waals surface area contributed by atoms with Crippen molar-refractivity contribution in [2.24, 2.45) is 11.8 Å². The standard InChI is InChI=1S/C12H22N2O2S2/c1-9(2)10(3)6-14-18(15,16)12-5-11(7-13-4)17-8-12/h5,8-10,13-14H,6-7H2,1-4H3. The van der Waals surface area contributed by atoms with Crippen molar-refractivity contribution in [1.29, 1.82) is 0 Å². The van der Waals surface area contributed by atoms with Crippen LogP contribution < -0.4 is 10.0 Å². The molecule has 0 aliphatic heterocycles. The number of sulfonamides is 1. The number of hydrogen-bond donors (Lipinski definition) is 2. The second-order valence-electron chi connectivity index (χ2n) is 4.85. The quantitative estimate of drug-likeness (QED) is 0.808. The third kappa shape index (κ3) is 4.35. The maximum absolute atomic E-state index is 12.1. The van der Waals surface area contributed by atoms with E-state index in [0.717, 1.165) is 4.88 Å². The van der Waals surface area contributed by atoms with Gasteiger partial charge in [0.25, 0.3) is 0 Å². The Labute approximate surface area is 114 Å². The van der Waals surface area contributed by atoms with Crippen LogP contribution in [0.25, 0.3) is 0 Å². The van der Waals surface area contributed by atoms with Crippen LogP contribution in [0.5, 0.6) is 0 Å². The maximum Gasteiger partial charge on any atom is 0.241 e. The molecule has 0 saturated heterocycles. The molecule has 2 N–H and O–H groups in total. The molecule has 0 spiro atoms. The molecular weight excluding hydrogens is 268 g/mol. The molecule has 0 aliphatic carbocycles. The fraction of sp³-hybridized carbons (Fsp3) is 0.667. The molecule has 1 unspecified atom stereocenters. The minimum atomic E-state index is -3.35. The lowest BCUT2D eigenvalue weighted by Gasteiger charge is -2.15. The number of nitrogens with one attached hydrogen (secondary N) is 2. The van der Waals surface area contributed by atoms with E-state index in [1.165, 1.54) is 11.3 Å².